The van der Waals surface area contributed by atoms with E-state index in [9.17, 15) is 22.8 Å². The average molecular weight is 419 g/mol. The summed E-state index contributed by atoms with van der Waals surface area (Å²) >= 11 is 5.82. The van der Waals surface area contributed by atoms with Crippen LogP contribution in [0.3, 0.4) is 0 Å². The molecule has 0 aliphatic carbocycles. The van der Waals surface area contributed by atoms with Gasteiger partial charge in [-0.15, -0.1) is 0 Å². The third-order valence-electron chi connectivity index (χ3n) is 3.32. The first kappa shape index (κ1) is 21.3. The van der Waals surface area contributed by atoms with Gasteiger partial charge in [0.15, 0.2) is 6.61 Å². The molecule has 0 aliphatic heterocycles. The van der Waals surface area contributed by atoms with E-state index in [2.05, 4.69) is 19.8 Å². The maximum Gasteiger partial charge on any atom is 0.422 e. The van der Waals surface area contributed by atoms with Crippen molar-refractivity contribution in [1.29, 1.82) is 0 Å². The Kier molecular flexibility index (Phi) is 6.68. The second-order valence-corrected chi connectivity index (χ2v) is 5.68. The summed E-state index contributed by atoms with van der Waals surface area (Å²) in [5, 5.41) is 2.20. The molecule has 0 saturated heterocycles. The summed E-state index contributed by atoms with van der Waals surface area (Å²) in [4.78, 5) is 27.9. The number of hydrogen-bond acceptors (Lipinski definition) is 6. The van der Waals surface area contributed by atoms with Crippen LogP contribution < -0.4 is 14.8 Å². The van der Waals surface area contributed by atoms with Gasteiger partial charge in [-0.05, 0) is 24.3 Å². The zero-order valence-electron chi connectivity index (χ0n) is 14.6. The Morgan fingerprint density at radius 2 is 1.93 bits per heavy atom. The van der Waals surface area contributed by atoms with Gasteiger partial charge >= 0.3 is 12.1 Å². The van der Waals surface area contributed by atoms with Crippen LogP contribution in [0.25, 0.3) is 0 Å². The molecule has 0 bridgehead atoms. The highest BCUT2D eigenvalue weighted by molar-refractivity contribution is 6.32. The molecule has 0 unspecified atom stereocenters. The lowest BCUT2D eigenvalue weighted by molar-refractivity contribution is -0.154. The van der Waals surface area contributed by atoms with E-state index in [-0.39, 0.29) is 21.8 Å². The van der Waals surface area contributed by atoms with Gasteiger partial charge in [0.1, 0.15) is 10.8 Å². The minimum atomic E-state index is -4.56. The van der Waals surface area contributed by atoms with Gasteiger partial charge in [0, 0.05) is 6.20 Å². The Bertz CT molecular complexity index is 890. The van der Waals surface area contributed by atoms with Crippen LogP contribution in [0.1, 0.15) is 20.7 Å². The van der Waals surface area contributed by atoms with Gasteiger partial charge in [0.05, 0.1) is 31.0 Å². The van der Waals surface area contributed by atoms with E-state index in [1.54, 1.807) is 0 Å². The number of anilines is 1. The van der Waals surface area contributed by atoms with Crippen LogP contribution in [0.5, 0.6) is 11.6 Å². The second kappa shape index (κ2) is 8.79. The van der Waals surface area contributed by atoms with E-state index < -0.39 is 30.5 Å². The summed E-state index contributed by atoms with van der Waals surface area (Å²) in [6.07, 6.45) is -3.56. The van der Waals surface area contributed by atoms with Gasteiger partial charge in [-0.3, -0.25) is 4.79 Å². The number of hydrogen-bond donors (Lipinski definition) is 1. The summed E-state index contributed by atoms with van der Waals surface area (Å²) < 4.78 is 50.8. The molecule has 11 heteroatoms. The SMILES string of the molecule is COC(=O)c1cc(OC)ccc1NC(=O)c1cnc(OCC(F)(F)F)c(Cl)c1. The van der Waals surface area contributed by atoms with E-state index in [1.807, 2.05) is 0 Å². The third-order valence-corrected chi connectivity index (χ3v) is 3.59. The Morgan fingerprint density at radius 3 is 2.50 bits per heavy atom. The molecule has 150 valence electrons. The van der Waals surface area contributed by atoms with Gasteiger partial charge in [-0.25, -0.2) is 9.78 Å². The first-order chi connectivity index (χ1) is 13.1. The number of pyridine rings is 1. The average Bonchev–Trinajstić information content (AvgIpc) is 2.65. The highest BCUT2D eigenvalue weighted by Crippen LogP contribution is 2.27. The Morgan fingerprint density at radius 1 is 1.21 bits per heavy atom. The molecular weight excluding hydrogens is 405 g/mol. The fourth-order valence-electron chi connectivity index (χ4n) is 2.04. The lowest BCUT2D eigenvalue weighted by atomic mass is 10.1. The minimum Gasteiger partial charge on any atom is -0.497 e. The molecule has 0 fully saturated rings. The van der Waals surface area contributed by atoms with Crippen molar-refractivity contribution in [3.05, 3.63) is 46.6 Å². The van der Waals surface area contributed by atoms with Gasteiger partial charge < -0.3 is 19.5 Å². The van der Waals surface area contributed by atoms with Crippen LogP contribution in [-0.2, 0) is 4.74 Å². The van der Waals surface area contributed by atoms with Crippen LogP contribution in [-0.4, -0.2) is 43.9 Å². The summed E-state index contributed by atoms with van der Waals surface area (Å²) in [6, 6.07) is 5.41. The number of aromatic nitrogens is 1. The second-order valence-electron chi connectivity index (χ2n) is 5.27. The monoisotopic (exact) mass is 418 g/mol. The van der Waals surface area contributed by atoms with Gasteiger partial charge in [0.2, 0.25) is 5.88 Å². The molecule has 1 heterocycles. The number of methoxy groups -OCH3 is 2. The number of esters is 1. The van der Waals surface area contributed by atoms with E-state index in [0.717, 1.165) is 12.3 Å². The van der Waals surface area contributed by atoms with Crippen LogP contribution in [0.2, 0.25) is 5.02 Å². The normalized spacial score (nSPS) is 10.9. The topological polar surface area (TPSA) is 86.8 Å². The first-order valence-electron chi connectivity index (χ1n) is 7.57. The van der Waals surface area contributed by atoms with E-state index in [1.165, 1.54) is 32.4 Å². The molecule has 7 nitrogen and oxygen atoms in total. The number of alkyl halides is 3. The standard InChI is InChI=1S/C17H14ClF3N2O5/c1-26-10-3-4-13(11(6-10)16(25)27-2)23-14(24)9-5-12(18)15(22-7-9)28-8-17(19,20)21/h3-7H,8H2,1-2H3,(H,23,24). The van der Waals surface area contributed by atoms with Crippen molar-refractivity contribution in [1.82, 2.24) is 4.98 Å². The summed E-state index contributed by atoms with van der Waals surface area (Å²) in [6.45, 7) is -1.57. The van der Waals surface area contributed by atoms with Crippen LogP contribution >= 0.6 is 11.6 Å². The van der Waals surface area contributed by atoms with Crippen molar-refractivity contribution in [2.45, 2.75) is 6.18 Å². The fourth-order valence-corrected chi connectivity index (χ4v) is 2.26. The smallest absolute Gasteiger partial charge is 0.422 e. The predicted octanol–water partition coefficient (Wildman–Crippen LogP) is 3.72. The number of carbonyl (C=O) groups excluding carboxylic acids is 2. The number of nitrogens with one attached hydrogen (secondary N) is 1. The van der Waals surface area contributed by atoms with Crippen molar-refractivity contribution in [3.8, 4) is 11.6 Å². The zero-order chi connectivity index (χ0) is 20.9. The Labute approximate surface area is 162 Å². The number of ether oxygens (including phenoxy) is 3. The minimum absolute atomic E-state index is 0.0411. The molecule has 1 aromatic carbocycles. The Balaban J connectivity index is 2.21. The molecule has 0 aliphatic rings. The molecule has 1 aromatic heterocycles. The third kappa shape index (κ3) is 5.49. The lowest BCUT2D eigenvalue weighted by Crippen LogP contribution is -2.20. The number of halogens is 4. The molecule has 0 saturated carbocycles. The van der Waals surface area contributed by atoms with E-state index in [0.29, 0.717) is 5.75 Å². The van der Waals surface area contributed by atoms with Crippen molar-refractivity contribution in [2.24, 2.45) is 0 Å². The molecule has 0 spiro atoms. The highest BCUT2D eigenvalue weighted by atomic mass is 35.5. The van der Waals surface area contributed by atoms with Crippen LogP contribution in [0.4, 0.5) is 18.9 Å². The molecular formula is C17H14ClF3N2O5. The summed E-state index contributed by atoms with van der Waals surface area (Å²) in [7, 11) is 2.58. The maximum atomic E-state index is 12.4. The van der Waals surface area contributed by atoms with Crippen LogP contribution in [0, 0.1) is 0 Å². The van der Waals surface area contributed by atoms with E-state index >= 15 is 0 Å². The number of rotatable bonds is 6. The Hall–Kier alpha value is -3.01. The number of nitrogens with zero attached hydrogens (tertiary/aromatic N) is 1. The van der Waals surface area contributed by atoms with Crippen LogP contribution in [0.15, 0.2) is 30.5 Å². The van der Waals surface area contributed by atoms with Gasteiger partial charge in [-0.1, -0.05) is 11.6 Å². The lowest BCUT2D eigenvalue weighted by Gasteiger charge is -2.12. The fraction of sp³-hybridized carbons (Fsp3) is 0.235. The molecule has 2 rings (SSSR count). The highest BCUT2D eigenvalue weighted by Gasteiger charge is 2.29. The predicted molar refractivity (Wildman–Crippen MR) is 93.1 cm³/mol. The molecule has 1 N–H and O–H groups in total. The van der Waals surface area contributed by atoms with Crippen molar-refractivity contribution in [3.63, 3.8) is 0 Å². The molecule has 1 amide bonds. The number of benzene rings is 1. The summed E-state index contributed by atoms with van der Waals surface area (Å²) in [5.41, 5.74) is 0.113. The largest absolute Gasteiger partial charge is 0.497 e. The van der Waals surface area contributed by atoms with Gasteiger partial charge in [-0.2, -0.15) is 13.2 Å². The summed E-state index contributed by atoms with van der Waals surface area (Å²) in [5.74, 6) is -1.50. The molecule has 2 aromatic rings. The van der Waals surface area contributed by atoms with Crippen molar-refractivity contribution < 1.29 is 37.0 Å². The number of carbonyl (C=O) groups is 2. The van der Waals surface area contributed by atoms with Crippen molar-refractivity contribution >= 4 is 29.2 Å². The quantitative estimate of drug-likeness (QED) is 0.719. The molecule has 0 radical (unpaired) electrons. The molecule has 0 atom stereocenters. The molecule has 28 heavy (non-hydrogen) atoms. The zero-order valence-corrected chi connectivity index (χ0v) is 15.4. The van der Waals surface area contributed by atoms with Crippen molar-refractivity contribution in [2.75, 3.05) is 26.1 Å². The maximum absolute atomic E-state index is 12.4. The van der Waals surface area contributed by atoms with Gasteiger partial charge in [0.25, 0.3) is 5.91 Å². The number of amides is 1. The first-order valence-corrected chi connectivity index (χ1v) is 7.95. The van der Waals surface area contributed by atoms with E-state index in [4.69, 9.17) is 16.3 Å².